The fraction of sp³-hybridized carbons (Fsp3) is 0.533. The Bertz CT molecular complexity index is 520. The molecule has 1 fully saturated rings. The number of piperidine rings is 1. The zero-order valence-electron chi connectivity index (χ0n) is 11.9. The molecule has 1 unspecified atom stereocenters. The molecule has 0 saturated carbocycles. The predicted molar refractivity (Wildman–Crippen MR) is 83.8 cm³/mol. The van der Waals surface area contributed by atoms with Gasteiger partial charge in [-0.3, -0.25) is 5.10 Å². The molecule has 2 N–H and O–H groups in total. The van der Waals surface area contributed by atoms with Crippen molar-refractivity contribution < 1.29 is 0 Å². The molecule has 3 heterocycles. The van der Waals surface area contributed by atoms with Crippen LogP contribution in [0.5, 0.6) is 0 Å². The lowest BCUT2D eigenvalue weighted by atomic mass is 9.98. The van der Waals surface area contributed by atoms with Gasteiger partial charge in [-0.15, -0.1) is 11.3 Å². The minimum Gasteiger partial charge on any atom is -0.312 e. The molecule has 4 nitrogen and oxygen atoms in total. The van der Waals surface area contributed by atoms with Crippen molar-refractivity contribution in [3.05, 3.63) is 29.3 Å². The molecule has 0 aliphatic carbocycles. The Morgan fingerprint density at radius 1 is 1.55 bits per heavy atom. The summed E-state index contributed by atoms with van der Waals surface area (Å²) < 4.78 is 0. The Morgan fingerprint density at radius 2 is 2.50 bits per heavy atom. The number of rotatable bonds is 5. The van der Waals surface area contributed by atoms with Crippen molar-refractivity contribution in [3.63, 3.8) is 0 Å². The number of hydrogen-bond acceptors (Lipinski definition) is 4. The van der Waals surface area contributed by atoms with Gasteiger partial charge in [0, 0.05) is 18.7 Å². The van der Waals surface area contributed by atoms with Crippen molar-refractivity contribution in [1.82, 2.24) is 20.4 Å². The smallest absolute Gasteiger partial charge is 0.0794 e. The quantitative estimate of drug-likeness (QED) is 0.889. The summed E-state index contributed by atoms with van der Waals surface area (Å²) in [5, 5.41) is 13.0. The molecular formula is C15H22N4S. The normalized spacial score (nSPS) is 20.4. The zero-order valence-corrected chi connectivity index (χ0v) is 12.7. The highest BCUT2D eigenvalue weighted by Crippen LogP contribution is 2.25. The van der Waals surface area contributed by atoms with Crippen LogP contribution in [0, 0.1) is 5.92 Å². The molecule has 1 aliphatic heterocycles. The Labute approximate surface area is 124 Å². The van der Waals surface area contributed by atoms with Gasteiger partial charge >= 0.3 is 0 Å². The van der Waals surface area contributed by atoms with Crippen molar-refractivity contribution in [2.45, 2.75) is 19.4 Å². The zero-order chi connectivity index (χ0) is 13.8. The second-order valence-corrected chi connectivity index (χ2v) is 6.60. The average Bonchev–Trinajstić information content (AvgIpc) is 3.09. The van der Waals surface area contributed by atoms with Gasteiger partial charge in [0.05, 0.1) is 16.8 Å². The topological polar surface area (TPSA) is 44.0 Å². The number of nitrogens with zero attached hydrogens (tertiary/aromatic N) is 2. The van der Waals surface area contributed by atoms with Crippen LogP contribution in [-0.2, 0) is 6.54 Å². The van der Waals surface area contributed by atoms with Crippen LogP contribution in [0.1, 0.15) is 18.4 Å². The van der Waals surface area contributed by atoms with Crippen molar-refractivity contribution in [3.8, 4) is 10.6 Å². The monoisotopic (exact) mass is 290 g/mol. The third-order valence-corrected chi connectivity index (χ3v) is 4.84. The van der Waals surface area contributed by atoms with Crippen LogP contribution in [0.4, 0.5) is 0 Å². The molecule has 0 spiro atoms. The van der Waals surface area contributed by atoms with Gasteiger partial charge in [0.15, 0.2) is 0 Å². The average molecular weight is 290 g/mol. The Morgan fingerprint density at radius 3 is 3.30 bits per heavy atom. The van der Waals surface area contributed by atoms with Gasteiger partial charge < -0.3 is 10.2 Å². The molecule has 108 valence electrons. The molecular weight excluding hydrogens is 268 g/mol. The highest BCUT2D eigenvalue weighted by molar-refractivity contribution is 7.13. The fourth-order valence-electron chi connectivity index (χ4n) is 2.93. The van der Waals surface area contributed by atoms with Crippen molar-refractivity contribution >= 4 is 11.3 Å². The van der Waals surface area contributed by atoms with Crippen LogP contribution in [0.3, 0.4) is 0 Å². The summed E-state index contributed by atoms with van der Waals surface area (Å²) in [5.41, 5.74) is 2.42. The lowest BCUT2D eigenvalue weighted by molar-refractivity contribution is 0.206. The maximum atomic E-state index is 4.19. The van der Waals surface area contributed by atoms with Crippen LogP contribution in [0.2, 0.25) is 0 Å². The molecule has 20 heavy (non-hydrogen) atoms. The lowest BCUT2D eigenvalue weighted by Gasteiger charge is -2.29. The van der Waals surface area contributed by atoms with Crippen molar-refractivity contribution in [1.29, 1.82) is 0 Å². The van der Waals surface area contributed by atoms with Crippen LogP contribution >= 0.6 is 11.3 Å². The lowest BCUT2D eigenvalue weighted by Crippen LogP contribution is -2.37. The maximum Gasteiger partial charge on any atom is 0.0794 e. The number of hydrogen-bond donors (Lipinski definition) is 2. The van der Waals surface area contributed by atoms with E-state index in [0.717, 1.165) is 24.7 Å². The van der Waals surface area contributed by atoms with Gasteiger partial charge in [-0.1, -0.05) is 6.07 Å². The Balaban J connectivity index is 1.53. The minimum absolute atomic E-state index is 0.783. The van der Waals surface area contributed by atoms with Gasteiger partial charge in [0.25, 0.3) is 0 Å². The van der Waals surface area contributed by atoms with Gasteiger partial charge in [-0.05, 0) is 50.3 Å². The first-order chi connectivity index (χ1) is 9.83. The van der Waals surface area contributed by atoms with E-state index in [1.165, 1.54) is 36.4 Å². The van der Waals surface area contributed by atoms with E-state index in [1.807, 2.05) is 6.20 Å². The van der Waals surface area contributed by atoms with E-state index >= 15 is 0 Å². The summed E-state index contributed by atoms with van der Waals surface area (Å²) in [6.07, 6.45) is 4.62. The fourth-order valence-corrected chi connectivity index (χ4v) is 3.69. The number of nitrogens with one attached hydrogen (secondary N) is 2. The van der Waals surface area contributed by atoms with Crippen LogP contribution in [-0.4, -0.2) is 41.8 Å². The van der Waals surface area contributed by atoms with E-state index < -0.39 is 0 Å². The third-order valence-electron chi connectivity index (χ3n) is 3.96. The van der Waals surface area contributed by atoms with E-state index in [0.29, 0.717) is 0 Å². The first-order valence-corrected chi connectivity index (χ1v) is 8.16. The SMILES string of the molecule is CN1CCCC(CNCc2cn[nH]c2-c2cccs2)C1. The summed E-state index contributed by atoms with van der Waals surface area (Å²) in [6.45, 7) is 4.46. The van der Waals surface area contributed by atoms with Crippen LogP contribution < -0.4 is 5.32 Å². The minimum atomic E-state index is 0.783. The van der Waals surface area contributed by atoms with Crippen molar-refractivity contribution in [2.24, 2.45) is 5.92 Å². The van der Waals surface area contributed by atoms with E-state index in [2.05, 4.69) is 45.0 Å². The van der Waals surface area contributed by atoms with Gasteiger partial charge in [-0.25, -0.2) is 0 Å². The first kappa shape index (κ1) is 13.8. The standard InChI is InChI=1S/C15H22N4S/c1-19-6-2-4-12(11-19)8-16-9-13-10-17-18-15(13)14-5-3-7-20-14/h3,5,7,10,12,16H,2,4,6,8-9,11H2,1H3,(H,17,18). The van der Waals surface area contributed by atoms with E-state index in [4.69, 9.17) is 0 Å². The summed E-state index contributed by atoms with van der Waals surface area (Å²) >= 11 is 1.75. The molecule has 5 heteroatoms. The van der Waals surface area contributed by atoms with E-state index in [-0.39, 0.29) is 0 Å². The number of likely N-dealkylation sites (tertiary alicyclic amines) is 1. The molecule has 0 radical (unpaired) electrons. The molecule has 3 rings (SSSR count). The summed E-state index contributed by atoms with van der Waals surface area (Å²) in [5.74, 6) is 0.783. The molecule has 1 atom stereocenters. The molecule has 2 aromatic rings. The molecule has 0 bridgehead atoms. The molecule has 0 aromatic carbocycles. The van der Waals surface area contributed by atoms with Crippen LogP contribution in [0.25, 0.3) is 10.6 Å². The van der Waals surface area contributed by atoms with Crippen molar-refractivity contribution in [2.75, 3.05) is 26.7 Å². The highest BCUT2D eigenvalue weighted by atomic mass is 32.1. The summed E-state index contributed by atoms with van der Waals surface area (Å²) in [7, 11) is 2.22. The molecule has 2 aromatic heterocycles. The summed E-state index contributed by atoms with van der Waals surface area (Å²) in [4.78, 5) is 3.70. The second-order valence-electron chi connectivity index (χ2n) is 5.65. The third kappa shape index (κ3) is 3.29. The summed E-state index contributed by atoms with van der Waals surface area (Å²) in [6, 6.07) is 4.22. The molecule has 1 aliphatic rings. The first-order valence-electron chi connectivity index (χ1n) is 7.28. The number of thiophene rings is 1. The van der Waals surface area contributed by atoms with E-state index in [9.17, 15) is 0 Å². The Hall–Kier alpha value is -1.17. The maximum absolute atomic E-state index is 4.19. The predicted octanol–water partition coefficient (Wildman–Crippen LogP) is 2.57. The number of aromatic amines is 1. The van der Waals surface area contributed by atoms with Gasteiger partial charge in [-0.2, -0.15) is 5.10 Å². The Kier molecular flexibility index (Phi) is 4.50. The second kappa shape index (κ2) is 6.52. The number of H-pyrrole nitrogens is 1. The van der Waals surface area contributed by atoms with Gasteiger partial charge in [0.1, 0.15) is 0 Å². The van der Waals surface area contributed by atoms with Crippen LogP contribution in [0.15, 0.2) is 23.7 Å². The molecule has 1 saturated heterocycles. The molecule has 0 amide bonds. The highest BCUT2D eigenvalue weighted by Gasteiger charge is 2.17. The largest absolute Gasteiger partial charge is 0.312 e. The van der Waals surface area contributed by atoms with Gasteiger partial charge in [0.2, 0.25) is 0 Å². The van der Waals surface area contributed by atoms with E-state index in [1.54, 1.807) is 11.3 Å². The number of aromatic nitrogens is 2.